The molecule has 7 heteroatoms. The minimum Gasteiger partial charge on any atom is -0.382 e. The molecule has 3 aromatic rings. The van der Waals surface area contributed by atoms with Gasteiger partial charge in [-0.2, -0.15) is 0 Å². The summed E-state index contributed by atoms with van der Waals surface area (Å²) in [6, 6.07) is 12.0. The Morgan fingerprint density at radius 3 is 3.04 bits per heavy atom. The lowest BCUT2D eigenvalue weighted by atomic mass is 10.0. The van der Waals surface area contributed by atoms with Crippen LogP contribution in [0.3, 0.4) is 0 Å². The first-order chi connectivity index (χ1) is 12.7. The maximum Gasteiger partial charge on any atom is 0.267 e. The van der Waals surface area contributed by atoms with Crippen LogP contribution in [0.25, 0.3) is 10.9 Å². The number of rotatable bonds is 2. The van der Waals surface area contributed by atoms with Crippen LogP contribution in [-0.4, -0.2) is 34.2 Å². The second kappa shape index (κ2) is 6.14. The van der Waals surface area contributed by atoms with Crippen LogP contribution in [0.15, 0.2) is 41.6 Å². The van der Waals surface area contributed by atoms with Crippen LogP contribution in [0.1, 0.15) is 22.6 Å². The summed E-state index contributed by atoms with van der Waals surface area (Å²) >= 11 is 7.44. The largest absolute Gasteiger partial charge is 0.382 e. The Kier molecular flexibility index (Phi) is 3.76. The van der Waals surface area contributed by atoms with Gasteiger partial charge in [-0.05, 0) is 18.2 Å². The van der Waals surface area contributed by atoms with E-state index in [2.05, 4.69) is 22.3 Å². The molecule has 1 N–H and O–H groups in total. The quantitative estimate of drug-likeness (QED) is 0.725. The summed E-state index contributed by atoms with van der Waals surface area (Å²) in [6.07, 6.45) is 0.779. The Labute approximate surface area is 159 Å². The van der Waals surface area contributed by atoms with Crippen molar-refractivity contribution < 1.29 is 9.63 Å². The third-order valence-electron chi connectivity index (χ3n) is 5.00. The molecule has 0 saturated heterocycles. The molecule has 1 atom stereocenters. The monoisotopic (exact) mass is 385 g/mol. The standard InChI is InChI=1S/C19H16ClN3O2S/c20-18-6-5-17(26-18)15-9-16(25-22-15)19(24)23-8-7-14-12(10-23)11-3-1-2-4-13(11)21-14/h1-6,16,21H,7-10H2/t16-/m0/s1. The zero-order valence-electron chi connectivity index (χ0n) is 13.9. The van der Waals surface area contributed by atoms with Gasteiger partial charge in [0.2, 0.25) is 6.10 Å². The highest BCUT2D eigenvalue weighted by Crippen LogP contribution is 2.30. The summed E-state index contributed by atoms with van der Waals surface area (Å²) in [6.45, 7) is 1.30. The van der Waals surface area contributed by atoms with E-state index in [1.54, 1.807) is 0 Å². The third-order valence-corrected chi connectivity index (χ3v) is 6.28. The highest BCUT2D eigenvalue weighted by molar-refractivity contribution is 7.18. The fourth-order valence-electron chi connectivity index (χ4n) is 3.68. The van der Waals surface area contributed by atoms with Crippen molar-refractivity contribution >= 4 is 45.5 Å². The number of thiophene rings is 1. The predicted octanol–water partition coefficient (Wildman–Crippen LogP) is 3.96. The third kappa shape index (κ3) is 2.61. The molecule has 2 aliphatic rings. The smallest absolute Gasteiger partial charge is 0.267 e. The first-order valence-corrected chi connectivity index (χ1v) is 9.74. The molecule has 0 aliphatic carbocycles. The molecule has 4 heterocycles. The molecule has 132 valence electrons. The van der Waals surface area contributed by atoms with Gasteiger partial charge in [-0.25, -0.2) is 0 Å². The number of para-hydroxylation sites is 1. The molecule has 0 bridgehead atoms. The maximum atomic E-state index is 12.9. The number of nitrogens with zero attached hydrogens (tertiary/aromatic N) is 2. The Balaban J connectivity index is 1.33. The van der Waals surface area contributed by atoms with Crippen molar-refractivity contribution in [3.05, 3.63) is 56.9 Å². The highest BCUT2D eigenvalue weighted by atomic mass is 35.5. The minimum atomic E-state index is -0.544. The number of aromatic amines is 1. The second-order valence-corrected chi connectivity index (χ2v) is 8.29. The van der Waals surface area contributed by atoms with Crippen molar-refractivity contribution in [2.75, 3.05) is 6.54 Å². The van der Waals surface area contributed by atoms with E-state index in [9.17, 15) is 4.79 Å². The number of amides is 1. The second-order valence-electron chi connectivity index (χ2n) is 6.58. The average Bonchev–Trinajstić information content (AvgIpc) is 3.38. The van der Waals surface area contributed by atoms with E-state index >= 15 is 0 Å². The van der Waals surface area contributed by atoms with Crippen LogP contribution in [0.2, 0.25) is 4.34 Å². The van der Waals surface area contributed by atoms with Gasteiger partial charge in [-0.15, -0.1) is 11.3 Å². The first-order valence-electron chi connectivity index (χ1n) is 8.54. The molecule has 2 aliphatic heterocycles. The lowest BCUT2D eigenvalue weighted by Gasteiger charge is -2.28. The van der Waals surface area contributed by atoms with Crippen LogP contribution in [0.4, 0.5) is 0 Å². The van der Waals surface area contributed by atoms with Gasteiger partial charge in [0.1, 0.15) is 5.71 Å². The van der Waals surface area contributed by atoms with Gasteiger partial charge in [-0.3, -0.25) is 4.79 Å². The van der Waals surface area contributed by atoms with Gasteiger partial charge < -0.3 is 14.7 Å². The number of hydrogen-bond donors (Lipinski definition) is 1. The highest BCUT2D eigenvalue weighted by Gasteiger charge is 2.34. The summed E-state index contributed by atoms with van der Waals surface area (Å²) in [5, 5.41) is 5.31. The summed E-state index contributed by atoms with van der Waals surface area (Å²) in [4.78, 5) is 24.7. The molecule has 5 rings (SSSR count). The van der Waals surface area contributed by atoms with Crippen LogP contribution in [0.5, 0.6) is 0 Å². The van der Waals surface area contributed by atoms with Gasteiger partial charge in [0.25, 0.3) is 5.91 Å². The Bertz CT molecular complexity index is 1040. The van der Waals surface area contributed by atoms with Crippen molar-refractivity contribution in [1.29, 1.82) is 0 Å². The van der Waals surface area contributed by atoms with Crippen LogP contribution < -0.4 is 0 Å². The Hall–Kier alpha value is -2.31. The van der Waals surface area contributed by atoms with Crippen LogP contribution in [0, 0.1) is 0 Å². The van der Waals surface area contributed by atoms with Crippen LogP contribution >= 0.6 is 22.9 Å². The average molecular weight is 386 g/mol. The SMILES string of the molecule is O=C([C@@H]1CC(c2ccc(Cl)s2)=NO1)N1CCc2[nH]c3ccccc3c2C1. The lowest BCUT2D eigenvalue weighted by molar-refractivity contribution is -0.143. The summed E-state index contributed by atoms with van der Waals surface area (Å²) in [7, 11) is 0. The fraction of sp³-hybridized carbons (Fsp3) is 0.263. The number of H-pyrrole nitrogens is 1. The molecule has 0 unspecified atom stereocenters. The van der Waals surface area contributed by atoms with E-state index in [-0.39, 0.29) is 5.91 Å². The number of carbonyl (C=O) groups is 1. The summed E-state index contributed by atoms with van der Waals surface area (Å²) in [5.41, 5.74) is 4.37. The van der Waals surface area contributed by atoms with Crippen molar-refractivity contribution in [2.24, 2.45) is 5.16 Å². The number of nitrogens with one attached hydrogen (secondary N) is 1. The Morgan fingerprint density at radius 1 is 1.31 bits per heavy atom. The number of halogens is 1. The van der Waals surface area contributed by atoms with Crippen molar-refractivity contribution in [1.82, 2.24) is 9.88 Å². The topological polar surface area (TPSA) is 57.7 Å². The fourth-order valence-corrected chi connectivity index (χ4v) is 4.72. The van der Waals surface area contributed by atoms with Gasteiger partial charge in [0, 0.05) is 48.1 Å². The number of aromatic nitrogens is 1. The van der Waals surface area contributed by atoms with Crippen molar-refractivity contribution in [3.8, 4) is 0 Å². The molecule has 0 fully saturated rings. The van der Waals surface area contributed by atoms with Crippen molar-refractivity contribution in [2.45, 2.75) is 25.5 Å². The van der Waals surface area contributed by atoms with E-state index in [1.807, 2.05) is 29.2 Å². The molecule has 0 radical (unpaired) electrons. The number of benzene rings is 1. The number of carbonyl (C=O) groups excluding carboxylic acids is 1. The minimum absolute atomic E-state index is 0.00216. The maximum absolute atomic E-state index is 12.9. The number of oxime groups is 1. The van der Waals surface area contributed by atoms with Gasteiger partial charge >= 0.3 is 0 Å². The summed E-state index contributed by atoms with van der Waals surface area (Å²) in [5.74, 6) is 0.00216. The predicted molar refractivity (Wildman–Crippen MR) is 103 cm³/mol. The summed E-state index contributed by atoms with van der Waals surface area (Å²) < 4.78 is 0.709. The molecule has 0 spiro atoms. The molecule has 5 nitrogen and oxygen atoms in total. The molecular weight excluding hydrogens is 370 g/mol. The zero-order chi connectivity index (χ0) is 17.7. The normalized spacial score (nSPS) is 19.3. The van der Waals surface area contributed by atoms with Gasteiger partial charge in [0.15, 0.2) is 0 Å². The lowest BCUT2D eigenvalue weighted by Crippen LogP contribution is -2.42. The number of hydrogen-bond acceptors (Lipinski definition) is 4. The number of fused-ring (bicyclic) bond motifs is 3. The molecule has 0 saturated carbocycles. The van der Waals surface area contributed by atoms with E-state index in [1.165, 1.54) is 28.0 Å². The first kappa shape index (κ1) is 15.9. The van der Waals surface area contributed by atoms with E-state index in [0.717, 1.165) is 22.5 Å². The molecule has 1 aromatic carbocycles. The Morgan fingerprint density at radius 2 is 2.19 bits per heavy atom. The van der Waals surface area contributed by atoms with Crippen LogP contribution in [-0.2, 0) is 22.6 Å². The molecule has 1 amide bonds. The zero-order valence-corrected chi connectivity index (χ0v) is 15.4. The molecule has 26 heavy (non-hydrogen) atoms. The van der Waals surface area contributed by atoms with E-state index in [0.29, 0.717) is 23.8 Å². The van der Waals surface area contributed by atoms with Crippen molar-refractivity contribution in [3.63, 3.8) is 0 Å². The van der Waals surface area contributed by atoms with Gasteiger partial charge in [-0.1, -0.05) is 35.0 Å². The molecule has 2 aromatic heterocycles. The molecular formula is C19H16ClN3O2S. The van der Waals surface area contributed by atoms with Gasteiger partial charge in [0.05, 0.1) is 9.21 Å². The van der Waals surface area contributed by atoms with E-state index < -0.39 is 6.10 Å². The van der Waals surface area contributed by atoms with E-state index in [4.69, 9.17) is 16.4 Å².